The topological polar surface area (TPSA) is 47.4 Å². The predicted molar refractivity (Wildman–Crippen MR) is 125 cm³/mol. The van der Waals surface area contributed by atoms with Crippen molar-refractivity contribution in [3.8, 4) is 5.75 Å². The van der Waals surface area contributed by atoms with Gasteiger partial charge in [0.25, 0.3) is 0 Å². The summed E-state index contributed by atoms with van der Waals surface area (Å²) in [6.07, 6.45) is 1.27. The van der Waals surface area contributed by atoms with E-state index in [1.54, 1.807) is 12.1 Å². The molecule has 1 fully saturated rings. The highest BCUT2D eigenvalue weighted by Crippen LogP contribution is 2.31. The molecule has 0 aliphatic carbocycles. The minimum atomic E-state index is -0.269. The fourth-order valence-electron chi connectivity index (χ4n) is 4.48. The van der Waals surface area contributed by atoms with Gasteiger partial charge in [-0.25, -0.2) is 9.37 Å². The van der Waals surface area contributed by atoms with E-state index in [4.69, 9.17) is 9.72 Å². The van der Waals surface area contributed by atoms with Crippen LogP contribution >= 0.6 is 0 Å². The minimum absolute atomic E-state index is 0.0281. The molecule has 6 heteroatoms. The summed E-state index contributed by atoms with van der Waals surface area (Å²) in [4.78, 5) is 19.5. The Labute approximate surface area is 192 Å². The summed E-state index contributed by atoms with van der Waals surface area (Å²) in [5, 5.41) is 0. The van der Waals surface area contributed by atoms with E-state index in [-0.39, 0.29) is 17.6 Å². The Bertz CT molecular complexity index is 1240. The number of benzene rings is 3. The Morgan fingerprint density at radius 2 is 1.73 bits per heavy atom. The number of carbonyl (C=O) groups is 1. The van der Waals surface area contributed by atoms with Gasteiger partial charge >= 0.3 is 0 Å². The predicted octanol–water partition coefficient (Wildman–Crippen LogP) is 5.16. The smallest absolute Gasteiger partial charge is 0.223 e. The van der Waals surface area contributed by atoms with Gasteiger partial charge in [0.2, 0.25) is 5.91 Å². The Morgan fingerprint density at radius 3 is 2.55 bits per heavy atom. The van der Waals surface area contributed by atoms with Gasteiger partial charge in [0.15, 0.2) is 0 Å². The first-order valence-electron chi connectivity index (χ1n) is 11.3. The first-order chi connectivity index (χ1) is 16.2. The summed E-state index contributed by atoms with van der Waals surface area (Å²) in [6, 6.07) is 24.3. The molecule has 4 aromatic rings. The summed E-state index contributed by atoms with van der Waals surface area (Å²) in [5.41, 5.74) is 2.95. The Morgan fingerprint density at radius 1 is 0.970 bits per heavy atom. The third-order valence-electron chi connectivity index (χ3n) is 6.09. The number of halogens is 1. The number of nitrogens with zero attached hydrogens (tertiary/aromatic N) is 3. The molecule has 1 aliphatic heterocycles. The van der Waals surface area contributed by atoms with E-state index in [1.807, 2.05) is 53.4 Å². The van der Waals surface area contributed by atoms with E-state index in [9.17, 15) is 9.18 Å². The number of likely N-dealkylation sites (tertiary alicyclic amines) is 1. The van der Waals surface area contributed by atoms with Crippen molar-refractivity contribution in [2.75, 3.05) is 13.2 Å². The number of para-hydroxylation sites is 3. The highest BCUT2D eigenvalue weighted by atomic mass is 19.1. The van der Waals surface area contributed by atoms with Crippen LogP contribution in [0.2, 0.25) is 0 Å². The molecule has 5 rings (SSSR count). The number of hydrogen-bond donors (Lipinski definition) is 0. The van der Waals surface area contributed by atoms with Crippen molar-refractivity contribution in [1.29, 1.82) is 0 Å². The zero-order chi connectivity index (χ0) is 22.6. The fourth-order valence-corrected chi connectivity index (χ4v) is 4.48. The number of rotatable bonds is 8. The third-order valence-corrected chi connectivity index (χ3v) is 6.09. The first kappa shape index (κ1) is 21.2. The van der Waals surface area contributed by atoms with E-state index in [0.717, 1.165) is 41.1 Å². The molecule has 33 heavy (non-hydrogen) atoms. The molecule has 1 atom stereocenters. The molecule has 1 aromatic heterocycles. The van der Waals surface area contributed by atoms with Crippen LogP contribution < -0.4 is 4.74 Å². The lowest BCUT2D eigenvalue weighted by atomic mass is 10.1. The molecule has 5 nitrogen and oxygen atoms in total. The van der Waals surface area contributed by atoms with E-state index in [1.165, 1.54) is 12.1 Å². The Kier molecular flexibility index (Phi) is 6.07. The number of imidazole rings is 1. The summed E-state index contributed by atoms with van der Waals surface area (Å²) in [5.74, 6) is 1.68. The largest absolute Gasteiger partial charge is 0.494 e. The van der Waals surface area contributed by atoms with Gasteiger partial charge in [-0.05, 0) is 48.4 Å². The number of carbonyl (C=O) groups excluding carboxylic acids is 1. The van der Waals surface area contributed by atoms with Crippen LogP contribution in [-0.2, 0) is 17.9 Å². The zero-order valence-electron chi connectivity index (χ0n) is 18.4. The second-order valence-corrected chi connectivity index (χ2v) is 8.43. The maximum absolute atomic E-state index is 13.2. The van der Waals surface area contributed by atoms with Gasteiger partial charge in [-0.15, -0.1) is 0 Å². The van der Waals surface area contributed by atoms with Gasteiger partial charge < -0.3 is 14.2 Å². The molecule has 1 amide bonds. The molecule has 1 unspecified atom stereocenters. The maximum Gasteiger partial charge on any atom is 0.223 e. The quantitative estimate of drug-likeness (QED) is 0.354. The number of amides is 1. The van der Waals surface area contributed by atoms with Gasteiger partial charge in [-0.3, -0.25) is 4.79 Å². The van der Waals surface area contributed by atoms with Crippen LogP contribution in [0.15, 0.2) is 78.9 Å². The molecular formula is C27H26FN3O2. The van der Waals surface area contributed by atoms with Gasteiger partial charge in [-0.1, -0.05) is 42.5 Å². The average molecular weight is 444 g/mol. The highest BCUT2D eigenvalue weighted by molar-refractivity contribution is 5.81. The molecule has 0 saturated carbocycles. The number of aryl methyl sites for hydroxylation is 1. The summed E-state index contributed by atoms with van der Waals surface area (Å²) < 4.78 is 21.3. The number of hydrogen-bond acceptors (Lipinski definition) is 3. The van der Waals surface area contributed by atoms with Crippen LogP contribution in [0.1, 0.15) is 30.1 Å². The van der Waals surface area contributed by atoms with Crippen molar-refractivity contribution in [2.45, 2.75) is 31.8 Å². The lowest BCUT2D eigenvalue weighted by Crippen LogP contribution is -2.24. The third kappa shape index (κ3) is 4.75. The number of aromatic nitrogens is 2. The molecule has 2 heterocycles. The molecule has 3 aromatic carbocycles. The van der Waals surface area contributed by atoms with Crippen molar-refractivity contribution in [3.05, 3.63) is 96.1 Å². The van der Waals surface area contributed by atoms with Gasteiger partial charge in [0, 0.05) is 32.0 Å². The van der Waals surface area contributed by atoms with E-state index < -0.39 is 0 Å². The van der Waals surface area contributed by atoms with Crippen LogP contribution in [0.3, 0.4) is 0 Å². The lowest BCUT2D eigenvalue weighted by molar-refractivity contribution is -0.128. The second-order valence-electron chi connectivity index (χ2n) is 8.43. The molecule has 0 radical (unpaired) electrons. The lowest BCUT2D eigenvalue weighted by Gasteiger charge is -2.17. The normalized spacial score (nSPS) is 16.0. The summed E-state index contributed by atoms with van der Waals surface area (Å²) >= 11 is 0. The van der Waals surface area contributed by atoms with Crippen molar-refractivity contribution in [2.24, 2.45) is 0 Å². The average Bonchev–Trinajstić information content (AvgIpc) is 3.39. The van der Waals surface area contributed by atoms with Gasteiger partial charge in [0.1, 0.15) is 17.4 Å². The van der Waals surface area contributed by atoms with E-state index in [2.05, 4.69) is 10.6 Å². The Balaban J connectivity index is 1.31. The van der Waals surface area contributed by atoms with Crippen LogP contribution in [0, 0.1) is 5.82 Å². The van der Waals surface area contributed by atoms with Crippen molar-refractivity contribution in [1.82, 2.24) is 14.5 Å². The molecule has 1 saturated heterocycles. The van der Waals surface area contributed by atoms with Crippen LogP contribution in [0.4, 0.5) is 4.39 Å². The maximum atomic E-state index is 13.2. The molecule has 0 bridgehead atoms. The SMILES string of the molecule is O=C1CC(c2nc3ccccc3n2CCCOc2ccccc2)CN1Cc1ccc(F)cc1. The minimum Gasteiger partial charge on any atom is -0.494 e. The van der Waals surface area contributed by atoms with E-state index >= 15 is 0 Å². The standard InChI is InChI=1S/C27H26FN3O2/c28-22-13-11-20(12-14-22)18-30-19-21(17-26(30)32)27-29-24-9-4-5-10-25(24)31(27)15-6-16-33-23-7-2-1-3-8-23/h1-5,7-14,21H,6,15-19H2. The fraction of sp³-hybridized carbons (Fsp3) is 0.259. The van der Waals surface area contributed by atoms with Crippen molar-refractivity contribution >= 4 is 16.9 Å². The number of fused-ring (bicyclic) bond motifs is 1. The first-order valence-corrected chi connectivity index (χ1v) is 11.3. The van der Waals surface area contributed by atoms with Crippen molar-refractivity contribution < 1.29 is 13.9 Å². The van der Waals surface area contributed by atoms with Crippen LogP contribution in [-0.4, -0.2) is 33.5 Å². The van der Waals surface area contributed by atoms with Crippen LogP contribution in [0.5, 0.6) is 5.75 Å². The molecule has 0 spiro atoms. The molecule has 1 aliphatic rings. The highest BCUT2D eigenvalue weighted by Gasteiger charge is 2.33. The van der Waals surface area contributed by atoms with E-state index in [0.29, 0.717) is 26.1 Å². The van der Waals surface area contributed by atoms with Crippen LogP contribution in [0.25, 0.3) is 11.0 Å². The molecule has 0 N–H and O–H groups in total. The monoisotopic (exact) mass is 443 g/mol. The van der Waals surface area contributed by atoms with Gasteiger partial charge in [0.05, 0.1) is 17.6 Å². The van der Waals surface area contributed by atoms with Crippen molar-refractivity contribution in [3.63, 3.8) is 0 Å². The Hall–Kier alpha value is -3.67. The van der Waals surface area contributed by atoms with Gasteiger partial charge in [-0.2, -0.15) is 0 Å². The molecular weight excluding hydrogens is 417 g/mol. The zero-order valence-corrected chi connectivity index (χ0v) is 18.4. The molecule has 168 valence electrons. The summed E-state index contributed by atoms with van der Waals surface area (Å²) in [6.45, 7) is 2.47. The number of ether oxygens (including phenoxy) is 1. The second kappa shape index (κ2) is 9.45. The summed E-state index contributed by atoms with van der Waals surface area (Å²) in [7, 11) is 0.